The van der Waals surface area contributed by atoms with Crippen LogP contribution in [0.1, 0.15) is 45.1 Å². The molecular formula is C18H23N3O2S. The lowest BCUT2D eigenvalue weighted by atomic mass is 9.95. The summed E-state index contributed by atoms with van der Waals surface area (Å²) in [4.78, 5) is 11.4. The van der Waals surface area contributed by atoms with E-state index in [2.05, 4.69) is 14.8 Å². The minimum atomic E-state index is 0.157. The number of nitrogens with zero attached hydrogens (tertiary/aromatic N) is 3. The second kappa shape index (κ2) is 7.83. The average molecular weight is 345 g/mol. The Kier molecular flexibility index (Phi) is 5.56. The quantitative estimate of drug-likeness (QED) is 0.737. The fourth-order valence-corrected chi connectivity index (χ4v) is 3.95. The lowest BCUT2D eigenvalue weighted by Gasteiger charge is -2.25. The first-order valence-corrected chi connectivity index (χ1v) is 9.39. The molecule has 1 heterocycles. The van der Waals surface area contributed by atoms with E-state index in [4.69, 9.17) is 4.74 Å². The summed E-state index contributed by atoms with van der Waals surface area (Å²) in [6, 6.07) is 8.33. The zero-order valence-corrected chi connectivity index (χ0v) is 15.0. The van der Waals surface area contributed by atoms with E-state index >= 15 is 0 Å². The highest BCUT2D eigenvalue weighted by atomic mass is 32.2. The molecular weight excluding hydrogens is 322 g/mol. The summed E-state index contributed by atoms with van der Waals surface area (Å²) in [5, 5.41) is 9.66. The molecule has 0 atom stereocenters. The minimum absolute atomic E-state index is 0.157. The third-order valence-corrected chi connectivity index (χ3v) is 5.44. The molecule has 128 valence electrons. The Morgan fingerprint density at radius 2 is 1.92 bits per heavy atom. The van der Waals surface area contributed by atoms with Gasteiger partial charge in [0, 0.05) is 11.6 Å². The summed E-state index contributed by atoms with van der Waals surface area (Å²) in [5.41, 5.74) is 1.03. The molecule has 0 saturated heterocycles. The molecule has 0 aliphatic heterocycles. The largest absolute Gasteiger partial charge is 0.497 e. The molecule has 0 unspecified atom stereocenters. The van der Waals surface area contributed by atoms with Gasteiger partial charge in [-0.05, 0) is 44.0 Å². The van der Waals surface area contributed by atoms with Crippen LogP contribution in [0, 0.1) is 0 Å². The number of carbonyl (C=O) groups is 1. The summed E-state index contributed by atoms with van der Waals surface area (Å²) in [7, 11) is 1.66. The molecule has 0 spiro atoms. The molecule has 1 aliphatic rings. The van der Waals surface area contributed by atoms with Crippen molar-refractivity contribution in [3.63, 3.8) is 0 Å². The monoisotopic (exact) mass is 345 g/mol. The van der Waals surface area contributed by atoms with E-state index < -0.39 is 0 Å². The van der Waals surface area contributed by atoms with Gasteiger partial charge in [-0.1, -0.05) is 31.0 Å². The van der Waals surface area contributed by atoms with Crippen molar-refractivity contribution in [3.05, 3.63) is 24.3 Å². The first-order chi connectivity index (χ1) is 11.7. The Hall–Kier alpha value is -1.82. The van der Waals surface area contributed by atoms with Gasteiger partial charge in [0.2, 0.25) is 0 Å². The van der Waals surface area contributed by atoms with Gasteiger partial charge >= 0.3 is 0 Å². The zero-order valence-electron chi connectivity index (χ0n) is 14.2. The highest BCUT2D eigenvalue weighted by Crippen LogP contribution is 2.35. The number of benzene rings is 1. The molecule has 1 aromatic carbocycles. The van der Waals surface area contributed by atoms with Crippen molar-refractivity contribution in [1.29, 1.82) is 0 Å². The van der Waals surface area contributed by atoms with Crippen molar-refractivity contribution in [2.24, 2.45) is 0 Å². The van der Waals surface area contributed by atoms with Crippen molar-refractivity contribution in [2.75, 3.05) is 12.9 Å². The number of methoxy groups -OCH3 is 1. The molecule has 1 fully saturated rings. The predicted octanol–water partition coefficient (Wildman–Crippen LogP) is 4.14. The molecule has 0 radical (unpaired) electrons. The Morgan fingerprint density at radius 1 is 1.21 bits per heavy atom. The fraction of sp³-hybridized carbons (Fsp3) is 0.500. The number of thioether (sulfide) groups is 1. The fourth-order valence-electron chi connectivity index (χ4n) is 3.15. The summed E-state index contributed by atoms with van der Waals surface area (Å²) in [6.45, 7) is 1.61. The number of aromatic nitrogens is 3. The molecule has 0 amide bonds. The topological polar surface area (TPSA) is 57.0 Å². The van der Waals surface area contributed by atoms with E-state index in [-0.39, 0.29) is 5.78 Å². The highest BCUT2D eigenvalue weighted by molar-refractivity contribution is 7.99. The molecule has 5 nitrogen and oxygen atoms in total. The van der Waals surface area contributed by atoms with Crippen molar-refractivity contribution >= 4 is 17.5 Å². The lowest BCUT2D eigenvalue weighted by Crippen LogP contribution is -2.15. The summed E-state index contributed by atoms with van der Waals surface area (Å²) < 4.78 is 7.48. The Morgan fingerprint density at radius 3 is 2.54 bits per heavy atom. The number of hydrogen-bond donors (Lipinski definition) is 0. The molecule has 1 aliphatic carbocycles. The average Bonchev–Trinajstić information content (AvgIpc) is 3.04. The molecule has 24 heavy (non-hydrogen) atoms. The van der Waals surface area contributed by atoms with Crippen LogP contribution < -0.4 is 4.74 Å². The number of rotatable bonds is 6. The van der Waals surface area contributed by atoms with Crippen molar-refractivity contribution in [2.45, 2.75) is 50.2 Å². The normalized spacial score (nSPS) is 15.4. The molecule has 3 rings (SSSR count). The second-order valence-electron chi connectivity index (χ2n) is 6.19. The van der Waals surface area contributed by atoms with Crippen LogP contribution in [0.2, 0.25) is 0 Å². The van der Waals surface area contributed by atoms with E-state index in [0.717, 1.165) is 35.1 Å². The number of carbonyl (C=O) groups excluding carboxylic acids is 1. The van der Waals surface area contributed by atoms with Crippen LogP contribution in [0.15, 0.2) is 29.4 Å². The Labute approximate surface area is 146 Å². The van der Waals surface area contributed by atoms with Gasteiger partial charge in [-0.15, -0.1) is 10.2 Å². The van der Waals surface area contributed by atoms with E-state index in [9.17, 15) is 4.79 Å². The van der Waals surface area contributed by atoms with Crippen molar-refractivity contribution < 1.29 is 9.53 Å². The summed E-state index contributed by atoms with van der Waals surface area (Å²) in [5.74, 6) is 2.31. The van der Waals surface area contributed by atoms with E-state index in [1.807, 2.05) is 24.3 Å². The smallest absolute Gasteiger partial charge is 0.192 e. The molecule has 1 saturated carbocycles. The highest BCUT2D eigenvalue weighted by Gasteiger charge is 2.24. The summed E-state index contributed by atoms with van der Waals surface area (Å²) >= 11 is 1.49. The third kappa shape index (κ3) is 3.80. The van der Waals surface area contributed by atoms with Crippen molar-refractivity contribution in [3.8, 4) is 17.1 Å². The zero-order chi connectivity index (χ0) is 16.9. The number of hydrogen-bond acceptors (Lipinski definition) is 5. The van der Waals surface area contributed by atoms with Gasteiger partial charge in [0.05, 0.1) is 12.9 Å². The number of ketones is 1. The van der Waals surface area contributed by atoms with Crippen LogP contribution in [-0.2, 0) is 4.79 Å². The maximum atomic E-state index is 11.4. The van der Waals surface area contributed by atoms with Gasteiger partial charge in [0.25, 0.3) is 0 Å². The number of ether oxygens (including phenoxy) is 1. The van der Waals surface area contributed by atoms with Gasteiger partial charge in [0.1, 0.15) is 11.5 Å². The Bertz CT molecular complexity index is 691. The van der Waals surface area contributed by atoms with Gasteiger partial charge in [-0.3, -0.25) is 9.36 Å². The van der Waals surface area contributed by atoms with Crippen LogP contribution in [0.3, 0.4) is 0 Å². The summed E-state index contributed by atoms with van der Waals surface area (Å²) in [6.07, 6.45) is 6.07. The van der Waals surface area contributed by atoms with E-state index in [0.29, 0.717) is 11.8 Å². The minimum Gasteiger partial charge on any atom is -0.497 e. The predicted molar refractivity (Wildman–Crippen MR) is 95.5 cm³/mol. The maximum Gasteiger partial charge on any atom is 0.192 e. The first-order valence-electron chi connectivity index (χ1n) is 8.40. The standard InChI is InChI=1S/C18H23N3O2S/c1-13(22)12-24-18-20-19-17(14-8-10-16(23-2)11-9-14)21(18)15-6-4-3-5-7-15/h8-11,15H,3-7,12H2,1-2H3. The number of Topliss-reactive ketones (excluding diaryl/α,β-unsaturated/α-hetero) is 1. The molecule has 1 aromatic heterocycles. The third-order valence-electron chi connectivity index (χ3n) is 4.36. The van der Waals surface area contributed by atoms with Crippen molar-refractivity contribution in [1.82, 2.24) is 14.8 Å². The van der Waals surface area contributed by atoms with Crippen LogP contribution in [-0.4, -0.2) is 33.4 Å². The van der Waals surface area contributed by atoms with E-state index in [1.54, 1.807) is 14.0 Å². The molecule has 6 heteroatoms. The molecule has 0 bridgehead atoms. The van der Waals surface area contributed by atoms with Gasteiger partial charge in [0.15, 0.2) is 11.0 Å². The lowest BCUT2D eigenvalue weighted by molar-refractivity contribution is -0.114. The van der Waals surface area contributed by atoms with E-state index in [1.165, 1.54) is 31.0 Å². The Balaban J connectivity index is 1.95. The second-order valence-corrected chi connectivity index (χ2v) is 7.13. The van der Waals surface area contributed by atoms with Gasteiger partial charge in [-0.25, -0.2) is 0 Å². The first kappa shape index (κ1) is 17.0. The van der Waals surface area contributed by atoms with Crippen LogP contribution >= 0.6 is 11.8 Å². The molecule has 0 N–H and O–H groups in total. The van der Waals surface area contributed by atoms with Gasteiger partial charge < -0.3 is 4.74 Å². The molecule has 2 aromatic rings. The van der Waals surface area contributed by atoms with Crippen LogP contribution in [0.25, 0.3) is 11.4 Å². The maximum absolute atomic E-state index is 11.4. The van der Waals surface area contributed by atoms with Gasteiger partial charge in [-0.2, -0.15) is 0 Å². The van der Waals surface area contributed by atoms with Crippen LogP contribution in [0.5, 0.6) is 5.75 Å². The SMILES string of the molecule is COc1ccc(-c2nnc(SCC(C)=O)n2C2CCCCC2)cc1. The van der Waals surface area contributed by atoms with Crippen LogP contribution in [0.4, 0.5) is 0 Å².